The van der Waals surface area contributed by atoms with Crippen LogP contribution in [0.3, 0.4) is 0 Å². The van der Waals surface area contributed by atoms with Crippen molar-refractivity contribution >= 4 is 11.1 Å². The summed E-state index contributed by atoms with van der Waals surface area (Å²) in [5.41, 5.74) is 8.12. The lowest BCUT2D eigenvalue weighted by atomic mass is 10.1. The summed E-state index contributed by atoms with van der Waals surface area (Å²) in [4.78, 5) is 25.1. The summed E-state index contributed by atoms with van der Waals surface area (Å²) < 4.78 is 4.97. The molecular formula is C11H10N4O3. The third-order valence-corrected chi connectivity index (χ3v) is 2.79. The first-order valence-electron chi connectivity index (χ1n) is 5.32. The van der Waals surface area contributed by atoms with E-state index in [9.17, 15) is 9.59 Å². The molecule has 3 rings (SSSR count). The summed E-state index contributed by atoms with van der Waals surface area (Å²) in [5.74, 6) is -0.510. The van der Waals surface area contributed by atoms with Gasteiger partial charge < -0.3 is 10.2 Å². The highest BCUT2D eigenvalue weighted by Gasteiger charge is 2.11. The van der Waals surface area contributed by atoms with Gasteiger partial charge in [0.2, 0.25) is 0 Å². The van der Waals surface area contributed by atoms with Gasteiger partial charge in [-0.15, -0.1) is 0 Å². The number of nitrogens with two attached hydrogens (primary N) is 1. The van der Waals surface area contributed by atoms with Crippen molar-refractivity contribution in [1.29, 1.82) is 0 Å². The van der Waals surface area contributed by atoms with Crippen LogP contribution in [-0.4, -0.2) is 15.2 Å². The monoisotopic (exact) mass is 246 g/mol. The fourth-order valence-electron chi connectivity index (χ4n) is 1.93. The van der Waals surface area contributed by atoms with Crippen molar-refractivity contribution in [3.05, 3.63) is 44.7 Å². The van der Waals surface area contributed by atoms with Crippen molar-refractivity contribution in [2.45, 2.75) is 6.54 Å². The van der Waals surface area contributed by atoms with Gasteiger partial charge in [-0.2, -0.15) is 0 Å². The van der Waals surface area contributed by atoms with Crippen LogP contribution in [0.4, 0.5) is 0 Å². The molecule has 2 aromatic heterocycles. The van der Waals surface area contributed by atoms with Crippen LogP contribution in [0.2, 0.25) is 0 Å². The summed E-state index contributed by atoms with van der Waals surface area (Å²) in [6, 6.07) is 5.15. The topological polar surface area (TPSA) is 121 Å². The van der Waals surface area contributed by atoms with Gasteiger partial charge in [-0.3, -0.25) is 20.0 Å². The molecule has 0 radical (unpaired) electrons. The van der Waals surface area contributed by atoms with Gasteiger partial charge in [-0.1, -0.05) is 6.07 Å². The Morgan fingerprint density at radius 1 is 1.22 bits per heavy atom. The number of H-pyrrole nitrogens is 3. The second-order valence-corrected chi connectivity index (χ2v) is 3.86. The van der Waals surface area contributed by atoms with E-state index in [0.29, 0.717) is 22.4 Å². The van der Waals surface area contributed by atoms with Crippen LogP contribution in [0.25, 0.3) is 22.4 Å². The van der Waals surface area contributed by atoms with Gasteiger partial charge in [-0.05, 0) is 12.1 Å². The molecule has 0 fully saturated rings. The van der Waals surface area contributed by atoms with E-state index in [2.05, 4.69) is 15.2 Å². The minimum Gasteiger partial charge on any atom is -0.408 e. The highest BCUT2D eigenvalue weighted by Crippen LogP contribution is 2.22. The third kappa shape index (κ3) is 1.49. The number of aromatic nitrogens is 3. The fraction of sp³-hybridized carbons (Fsp3) is 0.0909. The van der Waals surface area contributed by atoms with E-state index in [1.165, 1.54) is 0 Å². The quantitative estimate of drug-likeness (QED) is 0.518. The lowest BCUT2D eigenvalue weighted by molar-refractivity contribution is 0.555. The standard InChI is InChI=1S/C11H10N4O3/c12-4-6-9(14-15-10(6)16)5-1-2-7-8(3-5)18-11(17)13-7/h1-3H,4,12H2,(H,13,17)(H2,14,15,16). The maximum Gasteiger partial charge on any atom is 0.417 e. The van der Waals surface area contributed by atoms with Gasteiger partial charge >= 0.3 is 5.76 Å². The first-order chi connectivity index (χ1) is 8.69. The molecule has 0 aliphatic carbocycles. The lowest BCUT2D eigenvalue weighted by Gasteiger charge is -1.99. The number of hydrogen-bond donors (Lipinski definition) is 4. The molecule has 92 valence electrons. The zero-order valence-corrected chi connectivity index (χ0v) is 9.24. The average molecular weight is 246 g/mol. The van der Waals surface area contributed by atoms with Gasteiger partial charge in [0.05, 0.1) is 16.8 Å². The van der Waals surface area contributed by atoms with E-state index >= 15 is 0 Å². The molecule has 18 heavy (non-hydrogen) atoms. The molecule has 2 heterocycles. The Kier molecular flexibility index (Phi) is 2.20. The SMILES string of the molecule is NCc1c(-c2ccc3[nH]c(=O)oc3c2)[nH][nH]c1=O. The Balaban J connectivity index is 2.24. The van der Waals surface area contributed by atoms with Crippen molar-refractivity contribution in [1.82, 2.24) is 15.2 Å². The molecule has 0 unspecified atom stereocenters. The number of hydrogen-bond acceptors (Lipinski definition) is 4. The molecule has 5 N–H and O–H groups in total. The van der Waals surface area contributed by atoms with Crippen LogP contribution in [-0.2, 0) is 6.54 Å². The Morgan fingerprint density at radius 3 is 2.83 bits per heavy atom. The minimum absolute atomic E-state index is 0.128. The van der Waals surface area contributed by atoms with Gasteiger partial charge in [0.15, 0.2) is 5.58 Å². The van der Waals surface area contributed by atoms with E-state index < -0.39 is 5.76 Å². The van der Waals surface area contributed by atoms with E-state index in [1.54, 1.807) is 18.2 Å². The maximum absolute atomic E-state index is 11.5. The summed E-state index contributed by atoms with van der Waals surface area (Å²) in [7, 11) is 0. The van der Waals surface area contributed by atoms with E-state index in [4.69, 9.17) is 10.2 Å². The van der Waals surface area contributed by atoms with Gasteiger partial charge in [0.25, 0.3) is 5.56 Å². The van der Waals surface area contributed by atoms with Crippen molar-refractivity contribution in [2.75, 3.05) is 0 Å². The van der Waals surface area contributed by atoms with E-state index in [0.717, 1.165) is 5.56 Å². The minimum atomic E-state index is -0.510. The third-order valence-electron chi connectivity index (χ3n) is 2.79. The number of fused-ring (bicyclic) bond motifs is 1. The van der Waals surface area contributed by atoms with Crippen molar-refractivity contribution in [3.8, 4) is 11.3 Å². The number of nitrogens with one attached hydrogen (secondary N) is 3. The van der Waals surface area contributed by atoms with Gasteiger partial charge in [0, 0.05) is 12.1 Å². The normalized spacial score (nSPS) is 11.2. The molecule has 3 aromatic rings. The second-order valence-electron chi connectivity index (χ2n) is 3.86. The molecular weight excluding hydrogens is 236 g/mol. The Labute approximate surface area is 99.6 Å². The predicted octanol–water partition coefficient (Wildman–Crippen LogP) is 0.263. The Hall–Kier alpha value is -2.54. The predicted molar refractivity (Wildman–Crippen MR) is 65.1 cm³/mol. The molecule has 7 heteroatoms. The first-order valence-corrected chi connectivity index (χ1v) is 5.32. The summed E-state index contributed by atoms with van der Waals surface area (Å²) in [6.07, 6.45) is 0. The average Bonchev–Trinajstić information content (AvgIpc) is 2.89. The van der Waals surface area contributed by atoms with Crippen LogP contribution < -0.4 is 17.0 Å². The molecule has 0 saturated heterocycles. The molecule has 0 atom stereocenters. The summed E-state index contributed by atoms with van der Waals surface area (Å²) in [5, 5.41) is 5.24. The molecule has 0 aliphatic heterocycles. The zero-order chi connectivity index (χ0) is 12.7. The summed E-state index contributed by atoms with van der Waals surface area (Å²) in [6.45, 7) is 0.128. The van der Waals surface area contributed by atoms with Crippen molar-refractivity contribution < 1.29 is 4.42 Å². The lowest BCUT2D eigenvalue weighted by Crippen LogP contribution is -2.10. The molecule has 0 saturated carbocycles. The Morgan fingerprint density at radius 2 is 2.06 bits per heavy atom. The largest absolute Gasteiger partial charge is 0.417 e. The van der Waals surface area contributed by atoms with Crippen molar-refractivity contribution in [3.63, 3.8) is 0 Å². The molecule has 0 spiro atoms. The first kappa shape index (κ1) is 10.6. The highest BCUT2D eigenvalue weighted by atomic mass is 16.4. The van der Waals surface area contributed by atoms with Crippen LogP contribution in [0.5, 0.6) is 0 Å². The van der Waals surface area contributed by atoms with Crippen LogP contribution >= 0.6 is 0 Å². The molecule has 0 amide bonds. The number of aromatic amines is 3. The molecule has 0 aliphatic rings. The second kappa shape index (κ2) is 3.74. The van der Waals surface area contributed by atoms with Crippen LogP contribution in [0, 0.1) is 0 Å². The fourth-order valence-corrected chi connectivity index (χ4v) is 1.93. The molecule has 7 nitrogen and oxygen atoms in total. The van der Waals surface area contributed by atoms with E-state index in [1.807, 2.05) is 0 Å². The summed E-state index contributed by atoms with van der Waals surface area (Å²) >= 11 is 0. The zero-order valence-electron chi connectivity index (χ0n) is 9.24. The maximum atomic E-state index is 11.5. The molecule has 0 bridgehead atoms. The number of oxazole rings is 1. The van der Waals surface area contributed by atoms with Crippen molar-refractivity contribution in [2.24, 2.45) is 5.73 Å². The van der Waals surface area contributed by atoms with Crippen LogP contribution in [0.15, 0.2) is 32.2 Å². The number of rotatable bonds is 2. The molecule has 1 aromatic carbocycles. The number of benzene rings is 1. The van der Waals surface area contributed by atoms with E-state index in [-0.39, 0.29) is 12.1 Å². The van der Waals surface area contributed by atoms with Crippen LogP contribution in [0.1, 0.15) is 5.56 Å². The smallest absolute Gasteiger partial charge is 0.408 e. The van der Waals surface area contributed by atoms with Gasteiger partial charge in [-0.25, -0.2) is 4.79 Å². The highest BCUT2D eigenvalue weighted by molar-refractivity contribution is 5.79. The van der Waals surface area contributed by atoms with Gasteiger partial charge in [0.1, 0.15) is 0 Å². The Bertz CT molecular complexity index is 821.